The van der Waals surface area contributed by atoms with E-state index in [9.17, 15) is 14.3 Å². The number of anilines is 1. The molecule has 19 heavy (non-hydrogen) atoms. The average Bonchev–Trinajstić information content (AvgIpc) is 2.36. The molecule has 0 heterocycles. The Labute approximate surface area is 131 Å². The van der Waals surface area contributed by atoms with Gasteiger partial charge in [0.15, 0.2) is 0 Å². The lowest BCUT2D eigenvalue weighted by atomic mass is 10.2. The van der Waals surface area contributed by atoms with Crippen LogP contribution in [-0.4, -0.2) is 11.0 Å². The van der Waals surface area contributed by atoms with Crippen LogP contribution in [0.2, 0.25) is 0 Å². The maximum absolute atomic E-state index is 13.6. The third-order valence-electron chi connectivity index (χ3n) is 2.39. The van der Waals surface area contributed by atoms with Crippen molar-refractivity contribution >= 4 is 50.1 Å². The molecule has 0 unspecified atom stereocenters. The summed E-state index contributed by atoms with van der Waals surface area (Å²) in [4.78, 5) is 11.9. The highest BCUT2D eigenvalue weighted by Gasteiger charge is 2.11. The predicted octanol–water partition coefficient (Wildman–Crippen LogP) is 4.15. The first-order valence-corrected chi connectivity index (χ1v) is 7.09. The number of aromatic hydroxyl groups is 1. The van der Waals surface area contributed by atoms with Crippen LogP contribution in [0.5, 0.6) is 5.75 Å². The Bertz CT molecular complexity index is 649. The van der Waals surface area contributed by atoms with Crippen LogP contribution >= 0.6 is 38.5 Å². The molecule has 0 radical (unpaired) electrons. The number of hydrogen-bond donors (Lipinski definition) is 2. The number of phenols is 1. The van der Waals surface area contributed by atoms with Crippen molar-refractivity contribution in [2.75, 3.05) is 5.32 Å². The van der Waals surface area contributed by atoms with Crippen LogP contribution in [0.1, 0.15) is 10.4 Å². The molecule has 6 heteroatoms. The van der Waals surface area contributed by atoms with Gasteiger partial charge in [-0.3, -0.25) is 4.79 Å². The molecule has 0 fully saturated rings. The zero-order chi connectivity index (χ0) is 14.0. The molecule has 2 aromatic carbocycles. The lowest BCUT2D eigenvalue weighted by Crippen LogP contribution is -2.12. The van der Waals surface area contributed by atoms with E-state index in [1.807, 2.05) is 22.6 Å². The highest BCUT2D eigenvalue weighted by Crippen LogP contribution is 2.23. The summed E-state index contributed by atoms with van der Waals surface area (Å²) in [5.41, 5.74) is 0.353. The number of carbonyl (C=O) groups excluding carboxylic acids is 1. The van der Waals surface area contributed by atoms with Crippen LogP contribution in [0.25, 0.3) is 0 Å². The minimum atomic E-state index is -0.530. The van der Waals surface area contributed by atoms with Crippen molar-refractivity contribution < 1.29 is 14.3 Å². The van der Waals surface area contributed by atoms with Crippen LogP contribution in [0.15, 0.2) is 40.9 Å². The number of hydrogen-bond acceptors (Lipinski definition) is 2. The quantitative estimate of drug-likeness (QED) is 0.696. The van der Waals surface area contributed by atoms with E-state index in [-0.39, 0.29) is 17.0 Å². The Morgan fingerprint density at radius 2 is 2.00 bits per heavy atom. The number of phenolic OH excluding ortho intramolecular Hbond substituents is 1. The number of nitrogens with one attached hydrogen (secondary N) is 1. The molecule has 0 saturated carbocycles. The third kappa shape index (κ3) is 3.44. The van der Waals surface area contributed by atoms with E-state index < -0.39 is 11.7 Å². The van der Waals surface area contributed by atoms with E-state index in [2.05, 4.69) is 21.2 Å². The summed E-state index contributed by atoms with van der Waals surface area (Å²) in [5, 5.41) is 12.0. The van der Waals surface area contributed by atoms with Crippen molar-refractivity contribution in [3.63, 3.8) is 0 Å². The van der Waals surface area contributed by atoms with Gasteiger partial charge in [-0.05, 0) is 59.0 Å². The molecule has 3 nitrogen and oxygen atoms in total. The molecule has 2 N–H and O–H groups in total. The van der Waals surface area contributed by atoms with Gasteiger partial charge in [-0.25, -0.2) is 4.39 Å². The van der Waals surface area contributed by atoms with Gasteiger partial charge in [-0.2, -0.15) is 0 Å². The van der Waals surface area contributed by atoms with E-state index in [0.717, 1.165) is 0 Å². The minimum Gasteiger partial charge on any atom is -0.507 e. The second kappa shape index (κ2) is 5.87. The first kappa shape index (κ1) is 14.3. The molecule has 0 bridgehead atoms. The fourth-order valence-electron chi connectivity index (χ4n) is 1.44. The molecule has 0 atom stereocenters. The number of amides is 1. The fourth-order valence-corrected chi connectivity index (χ4v) is 2.11. The second-order valence-corrected chi connectivity index (χ2v) is 5.82. The van der Waals surface area contributed by atoms with Crippen molar-refractivity contribution in [1.29, 1.82) is 0 Å². The molecule has 0 aliphatic carbocycles. The van der Waals surface area contributed by atoms with Gasteiger partial charge in [0.1, 0.15) is 11.6 Å². The molecule has 98 valence electrons. The van der Waals surface area contributed by atoms with Gasteiger partial charge in [0.25, 0.3) is 5.91 Å². The Balaban J connectivity index is 2.23. The summed E-state index contributed by atoms with van der Waals surface area (Å²) >= 11 is 5.09. The number of benzene rings is 2. The summed E-state index contributed by atoms with van der Waals surface area (Å²) in [7, 11) is 0. The van der Waals surface area contributed by atoms with E-state index in [0.29, 0.717) is 8.04 Å². The van der Waals surface area contributed by atoms with Crippen molar-refractivity contribution in [3.05, 3.63) is 55.8 Å². The van der Waals surface area contributed by atoms with Gasteiger partial charge >= 0.3 is 0 Å². The summed E-state index contributed by atoms with van der Waals surface area (Å²) in [6, 6.07) is 8.87. The second-order valence-electron chi connectivity index (χ2n) is 3.74. The average molecular weight is 436 g/mol. The largest absolute Gasteiger partial charge is 0.507 e. The van der Waals surface area contributed by atoms with Crippen LogP contribution in [0.4, 0.5) is 10.1 Å². The van der Waals surface area contributed by atoms with Gasteiger partial charge < -0.3 is 10.4 Å². The molecular weight excluding hydrogens is 428 g/mol. The van der Waals surface area contributed by atoms with Gasteiger partial charge in [-0.15, -0.1) is 0 Å². The first-order valence-electron chi connectivity index (χ1n) is 5.22. The lowest BCUT2D eigenvalue weighted by Gasteiger charge is -2.07. The molecule has 0 aliphatic rings. The number of halogens is 3. The normalized spacial score (nSPS) is 10.3. The topological polar surface area (TPSA) is 49.3 Å². The van der Waals surface area contributed by atoms with Gasteiger partial charge in [0, 0.05) is 10.0 Å². The Morgan fingerprint density at radius 3 is 2.63 bits per heavy atom. The molecule has 0 aromatic heterocycles. The summed E-state index contributed by atoms with van der Waals surface area (Å²) < 4.78 is 14.8. The SMILES string of the molecule is O=C(Nc1ccc(Br)cc1F)c1ccc(I)c(O)c1. The number of rotatable bonds is 2. The number of carbonyl (C=O) groups is 1. The van der Waals surface area contributed by atoms with Crippen LogP contribution in [0, 0.1) is 9.39 Å². The molecule has 0 saturated heterocycles. The first-order chi connectivity index (χ1) is 8.97. The molecule has 1 amide bonds. The molecule has 2 rings (SSSR count). The van der Waals surface area contributed by atoms with E-state index in [4.69, 9.17) is 0 Å². The lowest BCUT2D eigenvalue weighted by molar-refractivity contribution is 0.102. The maximum atomic E-state index is 13.6. The highest BCUT2D eigenvalue weighted by atomic mass is 127. The van der Waals surface area contributed by atoms with Crippen molar-refractivity contribution in [1.82, 2.24) is 0 Å². The van der Waals surface area contributed by atoms with E-state index in [1.165, 1.54) is 18.2 Å². The smallest absolute Gasteiger partial charge is 0.255 e. The monoisotopic (exact) mass is 435 g/mol. The van der Waals surface area contributed by atoms with Crippen LogP contribution < -0.4 is 5.32 Å². The van der Waals surface area contributed by atoms with Crippen molar-refractivity contribution in [2.24, 2.45) is 0 Å². The van der Waals surface area contributed by atoms with Gasteiger partial charge in [0.2, 0.25) is 0 Å². The van der Waals surface area contributed by atoms with E-state index >= 15 is 0 Å². The van der Waals surface area contributed by atoms with Crippen molar-refractivity contribution in [2.45, 2.75) is 0 Å². The highest BCUT2D eigenvalue weighted by molar-refractivity contribution is 14.1. The van der Waals surface area contributed by atoms with Gasteiger partial charge in [0.05, 0.1) is 9.26 Å². The molecular formula is C13H8BrFINO2. The summed E-state index contributed by atoms with van der Waals surface area (Å²) in [6.07, 6.45) is 0. The molecule has 2 aromatic rings. The van der Waals surface area contributed by atoms with Gasteiger partial charge in [-0.1, -0.05) is 15.9 Å². The minimum absolute atomic E-state index is 0.0181. The maximum Gasteiger partial charge on any atom is 0.255 e. The third-order valence-corrected chi connectivity index (χ3v) is 3.79. The molecule has 0 aliphatic heterocycles. The zero-order valence-electron chi connectivity index (χ0n) is 9.45. The summed E-state index contributed by atoms with van der Waals surface area (Å²) in [5.74, 6) is -0.991. The summed E-state index contributed by atoms with van der Waals surface area (Å²) in [6.45, 7) is 0. The van der Waals surface area contributed by atoms with Crippen molar-refractivity contribution in [3.8, 4) is 5.75 Å². The Morgan fingerprint density at radius 1 is 1.26 bits per heavy atom. The Kier molecular flexibility index (Phi) is 4.41. The van der Waals surface area contributed by atoms with Crippen LogP contribution in [0.3, 0.4) is 0 Å². The predicted molar refractivity (Wildman–Crippen MR) is 82.9 cm³/mol. The standard InChI is InChI=1S/C13H8BrFINO2/c14-8-2-4-11(9(15)6-8)17-13(19)7-1-3-10(16)12(18)5-7/h1-6,18H,(H,17,19). The molecule has 0 spiro atoms. The zero-order valence-corrected chi connectivity index (χ0v) is 13.2. The van der Waals surface area contributed by atoms with Crippen LogP contribution in [-0.2, 0) is 0 Å². The fraction of sp³-hybridized carbons (Fsp3) is 0. The Hall–Kier alpha value is -1.15. The van der Waals surface area contributed by atoms with E-state index in [1.54, 1.807) is 18.2 Å².